The molecule has 1 fully saturated rings. The first-order valence-electron chi connectivity index (χ1n) is 9.12. The van der Waals surface area contributed by atoms with Crippen molar-refractivity contribution in [2.24, 2.45) is 0 Å². The highest BCUT2D eigenvalue weighted by molar-refractivity contribution is 6.14. The lowest BCUT2D eigenvalue weighted by molar-refractivity contribution is 0.102. The van der Waals surface area contributed by atoms with E-state index in [1.165, 1.54) is 12.1 Å². The fourth-order valence-electron chi connectivity index (χ4n) is 3.30. The topological polar surface area (TPSA) is 68.0 Å². The molecule has 1 amide bonds. The average Bonchev–Trinajstić information content (AvgIpc) is 3.47. The maximum absolute atomic E-state index is 13.5. The quantitative estimate of drug-likeness (QED) is 0.537. The molecule has 0 aliphatic heterocycles. The molecular weight excluding hydrogens is 357 g/mol. The molecule has 1 saturated carbocycles. The van der Waals surface area contributed by atoms with Gasteiger partial charge in [-0.1, -0.05) is 41.6 Å². The summed E-state index contributed by atoms with van der Waals surface area (Å²) in [5.74, 6) is -0.415. The molecule has 0 radical (unpaired) electrons. The van der Waals surface area contributed by atoms with Crippen molar-refractivity contribution in [3.8, 4) is 11.3 Å². The molecule has 1 N–H and O–H groups in total. The van der Waals surface area contributed by atoms with Gasteiger partial charge in [-0.05, 0) is 37.1 Å². The first-order valence-corrected chi connectivity index (χ1v) is 9.12. The predicted molar refractivity (Wildman–Crippen MR) is 104 cm³/mol. The van der Waals surface area contributed by atoms with Gasteiger partial charge in [-0.3, -0.25) is 4.79 Å². The highest BCUT2D eigenvalue weighted by Crippen LogP contribution is 2.41. The minimum atomic E-state index is -0.411. The van der Waals surface area contributed by atoms with Crippen molar-refractivity contribution in [1.29, 1.82) is 0 Å². The second kappa shape index (κ2) is 6.56. The van der Waals surface area contributed by atoms with Gasteiger partial charge in [-0.2, -0.15) is 0 Å². The molecule has 0 saturated heterocycles. The summed E-state index contributed by atoms with van der Waals surface area (Å²) in [6.07, 6.45) is 2.09. The molecule has 5 rings (SSSR count). The van der Waals surface area contributed by atoms with E-state index in [1.54, 1.807) is 18.2 Å². The zero-order valence-electron chi connectivity index (χ0n) is 14.9. The van der Waals surface area contributed by atoms with Crippen molar-refractivity contribution in [2.75, 3.05) is 5.32 Å². The van der Waals surface area contributed by atoms with Crippen LogP contribution in [0.2, 0.25) is 0 Å². The summed E-state index contributed by atoms with van der Waals surface area (Å²) >= 11 is 0. The summed E-state index contributed by atoms with van der Waals surface area (Å²) in [7, 11) is 0. The van der Waals surface area contributed by atoms with Crippen molar-refractivity contribution in [3.63, 3.8) is 0 Å². The SMILES string of the molecule is O=C(Nc1cccc(F)c1)c1cc(C2CC2)nc2onc(-c3ccccc3)c12. The third-order valence-electron chi connectivity index (χ3n) is 4.84. The fraction of sp³-hybridized carbons (Fsp3) is 0.136. The van der Waals surface area contributed by atoms with Gasteiger partial charge in [0.15, 0.2) is 0 Å². The zero-order chi connectivity index (χ0) is 19.1. The number of aromatic nitrogens is 2. The van der Waals surface area contributed by atoms with Crippen LogP contribution in [0.15, 0.2) is 65.2 Å². The lowest BCUT2D eigenvalue weighted by Crippen LogP contribution is -2.13. The number of pyridine rings is 1. The van der Waals surface area contributed by atoms with E-state index in [2.05, 4.69) is 15.5 Å². The molecule has 2 heterocycles. The summed E-state index contributed by atoms with van der Waals surface area (Å²) in [6.45, 7) is 0. The lowest BCUT2D eigenvalue weighted by atomic mass is 10.0. The van der Waals surface area contributed by atoms with E-state index in [9.17, 15) is 9.18 Å². The van der Waals surface area contributed by atoms with Crippen LogP contribution in [0.5, 0.6) is 0 Å². The second-order valence-electron chi connectivity index (χ2n) is 6.91. The summed E-state index contributed by atoms with van der Waals surface area (Å²) in [4.78, 5) is 17.7. The number of rotatable bonds is 4. The normalized spacial score (nSPS) is 13.6. The fourth-order valence-corrected chi connectivity index (χ4v) is 3.30. The summed E-state index contributed by atoms with van der Waals surface area (Å²) in [5, 5.41) is 7.50. The lowest BCUT2D eigenvalue weighted by Gasteiger charge is -2.08. The van der Waals surface area contributed by atoms with Crippen molar-refractivity contribution in [2.45, 2.75) is 18.8 Å². The number of benzene rings is 2. The molecule has 1 aliphatic rings. The molecule has 138 valence electrons. The van der Waals surface area contributed by atoms with E-state index in [4.69, 9.17) is 4.52 Å². The summed E-state index contributed by atoms with van der Waals surface area (Å²) in [5.41, 5.74) is 3.38. The van der Waals surface area contributed by atoms with Gasteiger partial charge in [0.1, 0.15) is 11.5 Å². The third kappa shape index (κ3) is 3.03. The van der Waals surface area contributed by atoms with E-state index in [-0.39, 0.29) is 5.91 Å². The van der Waals surface area contributed by atoms with Crippen LogP contribution in [-0.2, 0) is 0 Å². The monoisotopic (exact) mass is 373 g/mol. The Morgan fingerprint density at radius 2 is 1.89 bits per heavy atom. The predicted octanol–water partition coefficient (Wildman–Crippen LogP) is 5.16. The molecule has 6 heteroatoms. The van der Waals surface area contributed by atoms with E-state index in [0.717, 1.165) is 24.1 Å². The van der Waals surface area contributed by atoms with E-state index >= 15 is 0 Å². The first-order chi connectivity index (χ1) is 13.7. The van der Waals surface area contributed by atoms with Crippen LogP contribution in [0.1, 0.15) is 34.8 Å². The highest BCUT2D eigenvalue weighted by atomic mass is 19.1. The van der Waals surface area contributed by atoms with Crippen LogP contribution in [0.3, 0.4) is 0 Å². The number of nitrogens with one attached hydrogen (secondary N) is 1. The number of nitrogens with zero attached hydrogens (tertiary/aromatic N) is 2. The zero-order valence-corrected chi connectivity index (χ0v) is 14.9. The Morgan fingerprint density at radius 1 is 1.07 bits per heavy atom. The van der Waals surface area contributed by atoms with Gasteiger partial charge in [0.05, 0.1) is 10.9 Å². The highest BCUT2D eigenvalue weighted by Gasteiger charge is 2.29. The Bertz CT molecular complexity index is 1180. The molecule has 2 aromatic carbocycles. The smallest absolute Gasteiger partial charge is 0.259 e. The molecule has 0 bridgehead atoms. The maximum atomic E-state index is 13.5. The van der Waals surface area contributed by atoms with Crippen molar-refractivity contribution < 1.29 is 13.7 Å². The minimum absolute atomic E-state index is 0.340. The Balaban J connectivity index is 1.64. The molecule has 2 aromatic heterocycles. The first kappa shape index (κ1) is 16.6. The Labute approximate surface area is 160 Å². The number of fused-ring (bicyclic) bond motifs is 1. The average molecular weight is 373 g/mol. The molecular formula is C22H16FN3O2. The van der Waals surface area contributed by atoms with Crippen LogP contribution in [-0.4, -0.2) is 16.0 Å². The molecule has 0 spiro atoms. The van der Waals surface area contributed by atoms with Gasteiger partial charge in [0, 0.05) is 22.9 Å². The number of anilines is 1. The Morgan fingerprint density at radius 3 is 2.64 bits per heavy atom. The van der Waals surface area contributed by atoms with Gasteiger partial charge in [0.25, 0.3) is 11.6 Å². The van der Waals surface area contributed by atoms with E-state index in [1.807, 2.05) is 30.3 Å². The maximum Gasteiger partial charge on any atom is 0.259 e. The Hall–Kier alpha value is -3.54. The minimum Gasteiger partial charge on any atom is -0.335 e. The summed E-state index contributed by atoms with van der Waals surface area (Å²) in [6, 6.07) is 17.1. The number of amides is 1. The molecule has 4 aromatic rings. The van der Waals surface area contributed by atoms with Gasteiger partial charge < -0.3 is 9.84 Å². The van der Waals surface area contributed by atoms with Crippen molar-refractivity contribution >= 4 is 22.7 Å². The van der Waals surface area contributed by atoms with Gasteiger partial charge in [-0.15, -0.1) is 0 Å². The van der Waals surface area contributed by atoms with Gasteiger partial charge >= 0.3 is 0 Å². The van der Waals surface area contributed by atoms with Gasteiger partial charge in [-0.25, -0.2) is 9.37 Å². The number of carbonyl (C=O) groups is 1. The van der Waals surface area contributed by atoms with Crippen LogP contribution in [0, 0.1) is 5.82 Å². The van der Waals surface area contributed by atoms with Crippen molar-refractivity contribution in [3.05, 3.63) is 77.7 Å². The molecule has 28 heavy (non-hydrogen) atoms. The molecule has 0 atom stereocenters. The molecule has 1 aliphatic carbocycles. The van der Waals surface area contributed by atoms with Crippen LogP contribution in [0.4, 0.5) is 10.1 Å². The number of halogens is 1. The third-order valence-corrected chi connectivity index (χ3v) is 4.84. The van der Waals surface area contributed by atoms with E-state index in [0.29, 0.717) is 34.0 Å². The van der Waals surface area contributed by atoms with Gasteiger partial charge in [0.2, 0.25) is 0 Å². The molecule has 5 nitrogen and oxygen atoms in total. The second-order valence-corrected chi connectivity index (χ2v) is 6.91. The standard InChI is InChI=1S/C22H16FN3O2/c23-15-7-4-8-16(11-15)24-21(27)17-12-18(13-9-10-13)25-22-19(17)20(26-28-22)14-5-2-1-3-6-14/h1-8,11-13H,9-10H2,(H,24,27). The number of hydrogen-bond donors (Lipinski definition) is 1. The largest absolute Gasteiger partial charge is 0.335 e. The van der Waals surface area contributed by atoms with E-state index < -0.39 is 5.82 Å². The molecule has 0 unspecified atom stereocenters. The number of hydrogen-bond acceptors (Lipinski definition) is 4. The number of carbonyl (C=O) groups excluding carboxylic acids is 1. The summed E-state index contributed by atoms with van der Waals surface area (Å²) < 4.78 is 19.0. The van der Waals surface area contributed by atoms with Crippen LogP contribution < -0.4 is 5.32 Å². The van der Waals surface area contributed by atoms with Crippen LogP contribution >= 0.6 is 0 Å². The van der Waals surface area contributed by atoms with Crippen molar-refractivity contribution in [1.82, 2.24) is 10.1 Å². The van der Waals surface area contributed by atoms with Crippen LogP contribution in [0.25, 0.3) is 22.4 Å². The Kier molecular flexibility index (Phi) is 3.90.